The summed E-state index contributed by atoms with van der Waals surface area (Å²) in [6, 6.07) is 0.163. The van der Waals surface area contributed by atoms with Gasteiger partial charge in [-0.2, -0.15) is 26.3 Å². The van der Waals surface area contributed by atoms with E-state index in [0.717, 1.165) is 0 Å². The van der Waals surface area contributed by atoms with Crippen molar-refractivity contribution in [1.29, 1.82) is 0 Å². The normalized spacial score (nSPS) is 12.6. The molecule has 0 radical (unpaired) electrons. The van der Waals surface area contributed by atoms with Gasteiger partial charge in [0, 0.05) is 17.3 Å². The van der Waals surface area contributed by atoms with Crippen LogP contribution in [0.5, 0.6) is 0 Å². The summed E-state index contributed by atoms with van der Waals surface area (Å²) in [6.45, 7) is 0. The third kappa shape index (κ3) is 3.90. The minimum Gasteiger partial charge on any atom is -0.251 e. The fourth-order valence-electron chi connectivity index (χ4n) is 1.88. The first-order valence-corrected chi connectivity index (χ1v) is 7.82. The number of benzene rings is 1. The van der Waals surface area contributed by atoms with Crippen molar-refractivity contribution in [2.75, 3.05) is 0 Å². The second kappa shape index (κ2) is 6.85. The molecule has 0 fully saturated rings. The maximum Gasteiger partial charge on any atom is 0.433 e. The molecule has 0 N–H and O–H groups in total. The lowest BCUT2D eigenvalue weighted by Gasteiger charge is -2.18. The molecule has 0 saturated heterocycles. The minimum atomic E-state index is -5.04. The van der Waals surface area contributed by atoms with E-state index < -0.39 is 54.8 Å². The summed E-state index contributed by atoms with van der Waals surface area (Å²) in [5.74, 6) is 0. The van der Waals surface area contributed by atoms with Crippen molar-refractivity contribution in [3.63, 3.8) is 0 Å². The summed E-state index contributed by atoms with van der Waals surface area (Å²) in [4.78, 5) is 2.80. The standard InChI is InChI=1S/C13H2Cl5F6N/c14-7-6(8(15)10(17)11(18)9(7)16)3-1-5(13(22,23)24)25-2-4(3)12(19,20)21/h1-2H. The highest BCUT2D eigenvalue weighted by Gasteiger charge is 2.39. The van der Waals surface area contributed by atoms with E-state index in [9.17, 15) is 26.3 Å². The van der Waals surface area contributed by atoms with Crippen molar-refractivity contribution >= 4 is 58.0 Å². The zero-order valence-corrected chi connectivity index (χ0v) is 15.0. The Morgan fingerprint density at radius 1 is 0.680 bits per heavy atom. The van der Waals surface area contributed by atoms with Crippen molar-refractivity contribution < 1.29 is 26.3 Å². The lowest BCUT2D eigenvalue weighted by Crippen LogP contribution is -2.13. The Balaban J connectivity index is 2.96. The zero-order chi connectivity index (χ0) is 19.3. The van der Waals surface area contributed by atoms with Crippen LogP contribution in [0.1, 0.15) is 11.3 Å². The first kappa shape index (κ1) is 20.7. The van der Waals surface area contributed by atoms with Crippen LogP contribution in [0.4, 0.5) is 26.3 Å². The molecule has 25 heavy (non-hydrogen) atoms. The Hall–Kier alpha value is -0.600. The molecule has 12 heteroatoms. The van der Waals surface area contributed by atoms with E-state index in [1.807, 2.05) is 0 Å². The predicted octanol–water partition coefficient (Wildman–Crippen LogP) is 8.05. The molecule has 1 aromatic heterocycles. The van der Waals surface area contributed by atoms with Crippen LogP contribution in [-0.2, 0) is 12.4 Å². The van der Waals surface area contributed by atoms with Crippen molar-refractivity contribution in [2.45, 2.75) is 12.4 Å². The van der Waals surface area contributed by atoms with Crippen LogP contribution in [0.3, 0.4) is 0 Å². The summed E-state index contributed by atoms with van der Waals surface area (Å²) in [5.41, 5.74) is -4.70. The fraction of sp³-hybridized carbons (Fsp3) is 0.154. The summed E-state index contributed by atoms with van der Waals surface area (Å²) < 4.78 is 78.2. The summed E-state index contributed by atoms with van der Waals surface area (Å²) in [7, 11) is 0. The first-order valence-electron chi connectivity index (χ1n) is 5.93. The molecule has 2 rings (SSSR count). The molecule has 0 atom stereocenters. The van der Waals surface area contributed by atoms with Gasteiger partial charge in [-0.25, -0.2) is 0 Å². The van der Waals surface area contributed by atoms with Crippen LogP contribution < -0.4 is 0 Å². The number of rotatable bonds is 1. The monoisotopic (exact) mass is 461 g/mol. The predicted molar refractivity (Wildman–Crippen MR) is 84.7 cm³/mol. The molecule has 0 saturated carbocycles. The van der Waals surface area contributed by atoms with Crippen LogP contribution in [0.2, 0.25) is 25.1 Å². The van der Waals surface area contributed by atoms with Crippen LogP contribution in [-0.4, -0.2) is 4.98 Å². The average molecular weight is 463 g/mol. The van der Waals surface area contributed by atoms with Crippen LogP contribution in [0, 0.1) is 0 Å². The van der Waals surface area contributed by atoms with E-state index in [0.29, 0.717) is 0 Å². The second-order valence-corrected chi connectivity index (χ2v) is 6.45. The smallest absolute Gasteiger partial charge is 0.251 e. The highest BCUT2D eigenvalue weighted by molar-refractivity contribution is 6.56. The van der Waals surface area contributed by atoms with Crippen molar-refractivity contribution in [1.82, 2.24) is 4.98 Å². The molecular weight excluding hydrogens is 461 g/mol. The number of hydrogen-bond acceptors (Lipinski definition) is 1. The van der Waals surface area contributed by atoms with Crippen LogP contribution >= 0.6 is 58.0 Å². The molecule has 1 aromatic carbocycles. The number of alkyl halides is 6. The van der Waals surface area contributed by atoms with E-state index in [1.54, 1.807) is 0 Å². The maximum absolute atomic E-state index is 13.2. The summed E-state index contributed by atoms with van der Waals surface area (Å²) in [6.07, 6.45) is -10.0. The molecule has 136 valence electrons. The van der Waals surface area contributed by atoms with Gasteiger partial charge in [-0.15, -0.1) is 0 Å². The van der Waals surface area contributed by atoms with Gasteiger partial charge in [0.2, 0.25) is 0 Å². The maximum atomic E-state index is 13.2. The lowest BCUT2D eigenvalue weighted by molar-refractivity contribution is -0.144. The van der Waals surface area contributed by atoms with Gasteiger partial charge in [-0.3, -0.25) is 4.98 Å². The third-order valence-corrected chi connectivity index (χ3v) is 5.26. The van der Waals surface area contributed by atoms with Crippen LogP contribution in [0.15, 0.2) is 12.3 Å². The van der Waals surface area contributed by atoms with Gasteiger partial charge >= 0.3 is 12.4 Å². The van der Waals surface area contributed by atoms with Gasteiger partial charge in [0.15, 0.2) is 0 Å². The Labute approximate surface area is 161 Å². The van der Waals surface area contributed by atoms with E-state index >= 15 is 0 Å². The van der Waals surface area contributed by atoms with Gasteiger partial charge in [-0.05, 0) is 6.07 Å². The molecule has 0 unspecified atom stereocenters. The third-order valence-electron chi connectivity index (χ3n) is 2.98. The summed E-state index contributed by atoms with van der Waals surface area (Å²) >= 11 is 29.0. The SMILES string of the molecule is FC(F)(F)c1cc(-c2c(Cl)c(Cl)c(Cl)c(Cl)c2Cl)c(C(F)(F)F)cn1. The second-order valence-electron chi connectivity index (χ2n) is 4.56. The topological polar surface area (TPSA) is 12.9 Å². The van der Waals surface area contributed by atoms with Gasteiger partial charge in [0.25, 0.3) is 0 Å². The molecule has 0 aliphatic heterocycles. The number of nitrogens with zero attached hydrogens (tertiary/aromatic N) is 1. The highest BCUT2D eigenvalue weighted by atomic mass is 35.5. The highest BCUT2D eigenvalue weighted by Crippen LogP contribution is 2.51. The van der Waals surface area contributed by atoms with E-state index in [4.69, 9.17) is 58.0 Å². The molecule has 1 heterocycles. The van der Waals surface area contributed by atoms with Gasteiger partial charge in [-0.1, -0.05) is 58.0 Å². The van der Waals surface area contributed by atoms with Crippen molar-refractivity contribution in [3.8, 4) is 11.1 Å². The molecule has 1 nitrogen and oxygen atoms in total. The number of aromatic nitrogens is 1. The van der Waals surface area contributed by atoms with Gasteiger partial charge in [0.05, 0.1) is 30.7 Å². The molecule has 2 aromatic rings. The molecule has 0 aliphatic carbocycles. The number of hydrogen-bond donors (Lipinski definition) is 0. The van der Waals surface area contributed by atoms with Crippen molar-refractivity contribution in [2.24, 2.45) is 0 Å². The fourth-order valence-corrected chi connectivity index (χ4v) is 3.23. The quantitative estimate of drug-likeness (QED) is 0.237. The first-order chi connectivity index (χ1) is 11.3. The number of halogens is 11. The Bertz CT molecular complexity index is 817. The Morgan fingerprint density at radius 2 is 1.12 bits per heavy atom. The van der Waals surface area contributed by atoms with Gasteiger partial charge in [0.1, 0.15) is 5.69 Å². The molecule has 0 aliphatic rings. The lowest BCUT2D eigenvalue weighted by atomic mass is 9.99. The largest absolute Gasteiger partial charge is 0.433 e. The average Bonchev–Trinajstić information content (AvgIpc) is 2.49. The van der Waals surface area contributed by atoms with E-state index in [-0.39, 0.29) is 17.3 Å². The molecule has 0 amide bonds. The van der Waals surface area contributed by atoms with Crippen molar-refractivity contribution in [3.05, 3.63) is 48.6 Å². The van der Waals surface area contributed by atoms with Gasteiger partial charge < -0.3 is 0 Å². The van der Waals surface area contributed by atoms with E-state index in [2.05, 4.69) is 4.98 Å². The Kier molecular flexibility index (Phi) is 5.67. The number of pyridine rings is 1. The zero-order valence-electron chi connectivity index (χ0n) is 11.3. The Morgan fingerprint density at radius 3 is 1.52 bits per heavy atom. The molecular formula is C13H2Cl5F6N. The van der Waals surface area contributed by atoms with Crippen LogP contribution in [0.25, 0.3) is 11.1 Å². The minimum absolute atomic E-state index is 0.0290. The summed E-state index contributed by atoms with van der Waals surface area (Å²) in [5, 5.41) is -2.41. The van der Waals surface area contributed by atoms with E-state index in [1.165, 1.54) is 0 Å². The molecule has 0 spiro atoms. The molecule has 0 bridgehead atoms.